The fourth-order valence-corrected chi connectivity index (χ4v) is 19.2. The number of hydrogen-bond acceptors (Lipinski definition) is 59. The van der Waals surface area contributed by atoms with Gasteiger partial charge >= 0.3 is 11.9 Å². The van der Waals surface area contributed by atoms with Gasteiger partial charge in [0.2, 0.25) is 23.6 Å². The number of carbonyl (C=O) groups is 6. The van der Waals surface area contributed by atoms with Gasteiger partial charge in [-0.25, -0.2) is 0 Å². The van der Waals surface area contributed by atoms with Crippen molar-refractivity contribution in [3.63, 3.8) is 0 Å². The van der Waals surface area contributed by atoms with E-state index in [9.17, 15) is 182 Å². The topological polar surface area (TPSA) is 970 Å². The van der Waals surface area contributed by atoms with Crippen LogP contribution in [0.15, 0.2) is 0 Å². The molecule has 0 radical (unpaired) electrons. The van der Waals surface area contributed by atoms with Gasteiger partial charge in [0.15, 0.2) is 50.3 Å². The number of carbonyl (C=O) groups excluding carboxylic acids is 6. The summed E-state index contributed by atoms with van der Waals surface area (Å²) in [7, 11) is 0. The van der Waals surface area contributed by atoms with E-state index in [0.29, 0.717) is 0 Å². The van der Waals surface area contributed by atoms with E-state index in [1.165, 1.54) is 20.8 Å². The minimum Gasteiger partial charge on any atom is -0.410 e. The first kappa shape index (κ1) is 121. The predicted octanol–water partition coefficient (Wildman–Crippen LogP) is -22.3. The summed E-state index contributed by atoms with van der Waals surface area (Å²) in [6, 6.07) is -7.40. The monoisotopic (exact) mass is 2130 g/mol. The van der Waals surface area contributed by atoms with E-state index in [-0.39, 0.29) is 12.9 Å². The van der Waals surface area contributed by atoms with Gasteiger partial charge in [-0.2, -0.15) is 0 Å². The molecular formula is C83H138N4O59. The summed E-state index contributed by atoms with van der Waals surface area (Å²) in [5.41, 5.74) is 0. The first-order chi connectivity index (χ1) is 69.0. The maximum atomic E-state index is 13.4. The van der Waals surface area contributed by atoms with Crippen LogP contribution in [-0.4, -0.2) is 599 Å². The molecule has 11 rings (SSSR count). The van der Waals surface area contributed by atoms with Gasteiger partial charge in [-0.3, -0.25) is 28.8 Å². The highest BCUT2D eigenvalue weighted by Crippen LogP contribution is 2.45. The molecule has 63 nitrogen and oxygen atoms in total. The van der Waals surface area contributed by atoms with Crippen molar-refractivity contribution >= 4 is 36.6 Å². The van der Waals surface area contributed by atoms with Crippen molar-refractivity contribution in [2.45, 2.75) is 398 Å². The minimum absolute atomic E-state index is 0.202. The Hall–Kier alpha value is -5.22. The molecule has 0 aromatic rings. The largest absolute Gasteiger partial charge is 0.410 e. The van der Waals surface area contributed by atoms with Crippen molar-refractivity contribution in [3.05, 3.63) is 0 Å². The Kier molecular flexibility index (Phi) is 43.8. The fraction of sp³-hybridized carbons (Fsp3) is 0.928. The van der Waals surface area contributed by atoms with Gasteiger partial charge in [0.1, 0.15) is 238 Å². The summed E-state index contributed by atoms with van der Waals surface area (Å²) in [6.07, 6.45) is -106. The summed E-state index contributed by atoms with van der Waals surface area (Å²) >= 11 is 0. The third kappa shape index (κ3) is 26.9. The van der Waals surface area contributed by atoms with Gasteiger partial charge in [0.05, 0.1) is 122 Å². The second-order valence-corrected chi connectivity index (χ2v) is 37.4. The Morgan fingerprint density at radius 2 is 0.616 bits per heavy atom. The Balaban J connectivity index is 0.896. The molecule has 0 saturated carbocycles. The van der Waals surface area contributed by atoms with Gasteiger partial charge in [-0.1, -0.05) is 13.8 Å². The summed E-state index contributed by atoms with van der Waals surface area (Å²) in [5.74, 6) is -11.5. The van der Waals surface area contributed by atoms with Crippen LogP contribution in [0.1, 0.15) is 61.3 Å². The lowest BCUT2D eigenvalue weighted by molar-refractivity contribution is -0.448. The van der Waals surface area contributed by atoms with Crippen LogP contribution in [0.5, 0.6) is 0 Å². The lowest BCUT2D eigenvalue weighted by atomic mass is 9.87. The molecule has 11 fully saturated rings. The molecule has 63 heteroatoms. The standard InChI is InChI=1S/C83H138N4O59/c1-23-30(103)8-82(126-21-97,144-64(23)47(107)32(105)10-88)125-20-42-51(111)58(118)61(121)77(136-42)138-67-38(16-94)133-75(45(56(67)116)86-28(6)101)142-72-59(119)49(109)34(12-90)130-80(72)124-19-41-53(113)70(62(122)78(135-41)139-68-39(17-95)132-74(44(55(68)115)85-27(5)100)137-66-37(15-93)128-25(3)43(54(66)114)84-26(4)99)141-81-73(60(120)50(110)35(13-91)131-81)143-76-46(87-29(7)102)57(117)69(40(18-96)134-76)140-79-63(123)71(52(112)36(14-92)129-79)146-83(127-22-98)9-31(104)24(2)65(145-83)48(108)33(106)11-89/h21-25,30-81,88-96,103-123H,8-20H2,1-7H3,(H,84,99)(H,85,100)(H,86,101)(H,87,102)/t23-,24-,25+,30-,31-,32-,33-,34?,35?,36?,37?,38+,39?,40?,41?,42?,43-,44+,45?,46?,47-,48-,49-,50-,51+,52+,53-,54?,55?,56?,57-,58+,59+,60?,61?,62-,63?,64?,65?,66-,67-,68-,69-,70?,71+,72?,73?,74+,75+,76+,77+,78+,79+,80+,81-,82+,83+/m1/s1. The molecule has 11 heterocycles. The van der Waals surface area contributed by atoms with Crippen LogP contribution in [0.25, 0.3) is 0 Å². The molecule has 0 aliphatic carbocycles. The van der Waals surface area contributed by atoms with Crippen LogP contribution in [-0.2, 0) is 138 Å². The van der Waals surface area contributed by atoms with E-state index >= 15 is 0 Å². The van der Waals surface area contributed by atoms with Gasteiger partial charge in [0, 0.05) is 39.5 Å². The first-order valence-electron chi connectivity index (χ1n) is 46.9. The Morgan fingerprint density at radius 1 is 0.315 bits per heavy atom. The van der Waals surface area contributed by atoms with Gasteiger partial charge in [-0.15, -0.1) is 0 Å². The lowest BCUT2D eigenvalue weighted by Crippen LogP contribution is -2.71. The van der Waals surface area contributed by atoms with E-state index in [0.717, 1.165) is 27.7 Å². The SMILES string of the molecule is CC(=O)NC1C(O)[C@H](O[C@@H]2OC(CO[C@]3(OC=O)C[C@@H](O)[C@@H](C)C([C@H](O)[C@H](O)CO)O3)[C@H](O)[C@H](O)C2O)[C@H](CO)O[C@H]1OC1[C@@H](OCC2O[C@@H](O[C@@H]3C(CO)O[C@@H](O[C@@H]4C(CO)O[C@@H](C)[C@@H](NC(C)=O)C4O)[C@@H](NC(C)=O)C3O)[C@H](O)C(O[C@H]3OC(CO)[C@@H](O)C(O)C3O[C@@H]3OC(CO)[C@@H](O[C@@H]4OC(CO)[C@H](O)[C@H](O[C@]5(OC=O)C[C@@H](O)[C@@H](C)C([C@H](O)[C@H](O)CO)O5)C4O)[C@H](O)C3NC(C)=O)[C@@H]2O)OC(CO)[C@@H](O)[C@@H]1O. The molecule has 4 amide bonds. The van der Waals surface area contributed by atoms with Crippen molar-refractivity contribution < 1.29 is 291 Å². The Morgan fingerprint density at radius 3 is 1.03 bits per heavy atom. The van der Waals surface area contributed by atoms with Gasteiger partial charge in [-0.05, 0) is 6.92 Å². The van der Waals surface area contributed by atoms with Crippen LogP contribution in [0.2, 0.25) is 0 Å². The highest BCUT2D eigenvalue weighted by Gasteiger charge is 2.65. The van der Waals surface area contributed by atoms with E-state index < -0.39 is 458 Å². The molecule has 11 aliphatic heterocycles. The van der Waals surface area contributed by atoms with Gasteiger partial charge < -0.3 is 283 Å². The van der Waals surface area contributed by atoms with E-state index in [2.05, 4.69) is 21.3 Å². The zero-order valence-corrected chi connectivity index (χ0v) is 79.4. The molecule has 0 spiro atoms. The fourth-order valence-electron chi connectivity index (χ4n) is 19.2. The molecule has 146 heavy (non-hydrogen) atoms. The number of aliphatic hydroxyl groups is 30. The number of ether oxygens (including phenoxy) is 23. The van der Waals surface area contributed by atoms with Crippen LogP contribution in [0.4, 0.5) is 0 Å². The van der Waals surface area contributed by atoms with Crippen molar-refractivity contribution in [1.29, 1.82) is 0 Å². The normalized spacial score (nSPS) is 47.5. The van der Waals surface area contributed by atoms with Crippen molar-refractivity contribution in [2.75, 3.05) is 72.7 Å². The summed E-state index contributed by atoms with van der Waals surface area (Å²) < 4.78 is 137. The lowest BCUT2D eigenvalue weighted by Gasteiger charge is -2.51. The molecule has 844 valence electrons. The third-order valence-electron chi connectivity index (χ3n) is 27.3. The molecule has 0 bridgehead atoms. The molecule has 0 aromatic heterocycles. The Bertz CT molecular complexity index is 4070. The molecule has 57 atom stereocenters. The zero-order chi connectivity index (χ0) is 108. The summed E-state index contributed by atoms with van der Waals surface area (Å²) in [6.45, 7) is -5.30. The Labute approximate surface area is 828 Å². The number of hydrogen-bond donors (Lipinski definition) is 34. The highest BCUT2D eigenvalue weighted by atomic mass is 16.9. The first-order valence-corrected chi connectivity index (χ1v) is 46.9. The maximum Gasteiger partial charge on any atom is 0.332 e. The second-order valence-electron chi connectivity index (χ2n) is 37.4. The van der Waals surface area contributed by atoms with Crippen molar-refractivity contribution in [2.24, 2.45) is 11.8 Å². The molecule has 21 unspecified atom stereocenters. The molecule has 0 aromatic carbocycles. The third-order valence-corrected chi connectivity index (χ3v) is 27.3. The van der Waals surface area contributed by atoms with Gasteiger partial charge in [0.25, 0.3) is 12.9 Å². The smallest absolute Gasteiger partial charge is 0.332 e. The molecule has 34 N–H and O–H groups in total. The summed E-state index contributed by atoms with van der Waals surface area (Å²) in [5, 5.41) is 350. The van der Waals surface area contributed by atoms with Crippen LogP contribution >= 0.6 is 0 Å². The van der Waals surface area contributed by atoms with Crippen LogP contribution < -0.4 is 21.3 Å². The van der Waals surface area contributed by atoms with E-state index in [1.54, 1.807) is 0 Å². The van der Waals surface area contributed by atoms with E-state index in [4.69, 9.17) is 109 Å². The molecule has 11 saturated heterocycles. The quantitative estimate of drug-likeness (QED) is 0.0199. The van der Waals surface area contributed by atoms with Crippen molar-refractivity contribution in [3.8, 4) is 0 Å². The molecule has 11 aliphatic rings. The van der Waals surface area contributed by atoms with Crippen LogP contribution in [0.3, 0.4) is 0 Å². The predicted molar refractivity (Wildman–Crippen MR) is 452 cm³/mol. The minimum atomic E-state index is -2.92. The second kappa shape index (κ2) is 52.8. The van der Waals surface area contributed by atoms with Crippen molar-refractivity contribution in [1.82, 2.24) is 21.3 Å². The number of amides is 4. The number of nitrogens with one attached hydrogen (secondary N) is 4. The zero-order valence-electron chi connectivity index (χ0n) is 79.4. The number of rotatable bonds is 43. The summed E-state index contributed by atoms with van der Waals surface area (Å²) in [4.78, 5) is 76.3. The highest BCUT2D eigenvalue weighted by molar-refractivity contribution is 5.74. The van der Waals surface area contributed by atoms with Crippen LogP contribution in [0, 0.1) is 11.8 Å². The maximum absolute atomic E-state index is 13.4. The van der Waals surface area contributed by atoms with E-state index in [1.807, 2.05) is 0 Å². The average Bonchev–Trinajstić information content (AvgIpc) is 0.759. The molecular weight excluding hydrogens is 2000 g/mol. The number of aliphatic hydroxyl groups excluding tert-OH is 30. The average molecular weight is 2140 g/mol.